The summed E-state index contributed by atoms with van der Waals surface area (Å²) in [7, 11) is 0. The molecule has 4 aromatic rings. The van der Waals surface area contributed by atoms with E-state index in [1.807, 2.05) is 53.9 Å². The van der Waals surface area contributed by atoms with Crippen molar-refractivity contribution in [2.45, 2.75) is 26.9 Å². The zero-order valence-electron chi connectivity index (χ0n) is 16.6. The number of amides is 1. The van der Waals surface area contributed by atoms with Crippen LogP contribution in [0.2, 0.25) is 0 Å². The molecule has 0 aliphatic rings. The molecule has 0 N–H and O–H groups in total. The maximum atomic E-state index is 12.4. The number of carbonyl (C=O) groups excluding carboxylic acids is 1. The molecule has 1 amide bonds. The Labute approximate surface area is 178 Å². The standard InChI is InChI=1S/C22H20N4O3S/c1-3-16-6-4-5-7-20(16)26(15(2)27)22-24-18(13-30-22)12-28-19-10-8-17(9-11-19)21-25-23-14-29-21/h4-11,13-14H,3,12H2,1-2H3. The van der Waals surface area contributed by atoms with E-state index in [0.717, 1.165) is 28.9 Å². The van der Waals surface area contributed by atoms with Crippen LogP contribution in [0.5, 0.6) is 5.75 Å². The summed E-state index contributed by atoms with van der Waals surface area (Å²) in [6.45, 7) is 3.93. The number of aryl methyl sites for hydroxylation is 1. The van der Waals surface area contributed by atoms with E-state index >= 15 is 0 Å². The highest BCUT2D eigenvalue weighted by molar-refractivity contribution is 7.14. The molecule has 2 aromatic carbocycles. The van der Waals surface area contributed by atoms with E-state index in [0.29, 0.717) is 23.4 Å². The van der Waals surface area contributed by atoms with Crippen LogP contribution in [0, 0.1) is 0 Å². The SMILES string of the molecule is CCc1ccccc1N(C(C)=O)c1nc(COc2ccc(-c3nnco3)cc2)cs1. The number of anilines is 2. The molecule has 2 heterocycles. The summed E-state index contributed by atoms with van der Waals surface area (Å²) in [5.41, 5.74) is 3.55. The Balaban J connectivity index is 1.47. The lowest BCUT2D eigenvalue weighted by Crippen LogP contribution is -2.23. The number of benzene rings is 2. The third-order valence-electron chi connectivity index (χ3n) is 4.51. The first kappa shape index (κ1) is 19.8. The van der Waals surface area contributed by atoms with Crippen LogP contribution in [0.4, 0.5) is 10.8 Å². The number of nitrogens with zero attached hydrogens (tertiary/aromatic N) is 4. The molecule has 0 aliphatic carbocycles. The van der Waals surface area contributed by atoms with Crippen LogP contribution in [-0.2, 0) is 17.8 Å². The van der Waals surface area contributed by atoms with Gasteiger partial charge in [0, 0.05) is 17.9 Å². The molecule has 0 atom stereocenters. The van der Waals surface area contributed by atoms with Crippen LogP contribution in [-0.4, -0.2) is 21.1 Å². The average Bonchev–Trinajstić information content (AvgIpc) is 3.46. The highest BCUT2D eigenvalue weighted by atomic mass is 32.1. The van der Waals surface area contributed by atoms with Crippen LogP contribution in [0.3, 0.4) is 0 Å². The minimum atomic E-state index is -0.0747. The highest BCUT2D eigenvalue weighted by Gasteiger charge is 2.20. The number of carbonyl (C=O) groups is 1. The Morgan fingerprint density at radius 2 is 1.97 bits per heavy atom. The van der Waals surface area contributed by atoms with Crippen LogP contribution in [0.15, 0.2) is 64.7 Å². The van der Waals surface area contributed by atoms with Crippen molar-refractivity contribution in [1.29, 1.82) is 0 Å². The third kappa shape index (κ3) is 4.23. The maximum absolute atomic E-state index is 12.4. The monoisotopic (exact) mass is 420 g/mol. The molecule has 0 spiro atoms. The van der Waals surface area contributed by atoms with E-state index in [4.69, 9.17) is 9.15 Å². The van der Waals surface area contributed by atoms with Crippen LogP contribution in [0.25, 0.3) is 11.5 Å². The maximum Gasteiger partial charge on any atom is 0.247 e. The van der Waals surface area contributed by atoms with Gasteiger partial charge in [-0.2, -0.15) is 0 Å². The normalized spacial score (nSPS) is 10.7. The van der Waals surface area contributed by atoms with Gasteiger partial charge in [0.05, 0.1) is 11.4 Å². The Morgan fingerprint density at radius 3 is 2.67 bits per heavy atom. The molecule has 2 aromatic heterocycles. The van der Waals surface area contributed by atoms with Crippen molar-refractivity contribution in [1.82, 2.24) is 15.2 Å². The lowest BCUT2D eigenvalue weighted by Gasteiger charge is -2.20. The second-order valence-electron chi connectivity index (χ2n) is 6.52. The topological polar surface area (TPSA) is 81.4 Å². The highest BCUT2D eigenvalue weighted by Crippen LogP contribution is 2.32. The summed E-state index contributed by atoms with van der Waals surface area (Å²) in [5, 5.41) is 10.1. The Kier molecular flexibility index (Phi) is 5.85. The molecular formula is C22H20N4O3S. The summed E-state index contributed by atoms with van der Waals surface area (Å²) in [4.78, 5) is 18.7. The fraction of sp³-hybridized carbons (Fsp3) is 0.182. The van der Waals surface area contributed by atoms with E-state index in [1.165, 1.54) is 17.7 Å². The first-order valence-corrected chi connectivity index (χ1v) is 10.4. The van der Waals surface area contributed by atoms with Gasteiger partial charge in [-0.05, 0) is 42.3 Å². The van der Waals surface area contributed by atoms with E-state index in [2.05, 4.69) is 22.1 Å². The summed E-state index contributed by atoms with van der Waals surface area (Å²) in [6.07, 6.45) is 2.13. The van der Waals surface area contributed by atoms with Gasteiger partial charge in [0.15, 0.2) is 5.13 Å². The second-order valence-corrected chi connectivity index (χ2v) is 7.35. The summed E-state index contributed by atoms with van der Waals surface area (Å²) in [5.74, 6) is 1.09. The predicted molar refractivity (Wildman–Crippen MR) is 115 cm³/mol. The number of ether oxygens (including phenoxy) is 1. The summed E-state index contributed by atoms with van der Waals surface area (Å²) < 4.78 is 11.0. The van der Waals surface area contributed by atoms with Crippen molar-refractivity contribution < 1.29 is 13.9 Å². The average molecular weight is 420 g/mol. The molecule has 0 aliphatic heterocycles. The predicted octanol–water partition coefficient (Wildman–Crippen LogP) is 5.02. The van der Waals surface area contributed by atoms with Crippen molar-refractivity contribution in [3.8, 4) is 17.2 Å². The minimum Gasteiger partial charge on any atom is -0.487 e. The van der Waals surface area contributed by atoms with Gasteiger partial charge in [-0.1, -0.05) is 25.1 Å². The zero-order chi connectivity index (χ0) is 20.9. The van der Waals surface area contributed by atoms with Crippen LogP contribution < -0.4 is 9.64 Å². The zero-order valence-corrected chi connectivity index (χ0v) is 17.4. The molecule has 8 heteroatoms. The number of rotatable bonds is 7. The quantitative estimate of drug-likeness (QED) is 0.418. The smallest absolute Gasteiger partial charge is 0.247 e. The molecule has 7 nitrogen and oxygen atoms in total. The molecule has 0 unspecified atom stereocenters. The van der Waals surface area contributed by atoms with Crippen molar-refractivity contribution in [2.75, 3.05) is 4.90 Å². The van der Waals surface area contributed by atoms with E-state index in [1.54, 1.807) is 11.8 Å². The van der Waals surface area contributed by atoms with Crippen molar-refractivity contribution in [2.24, 2.45) is 0 Å². The van der Waals surface area contributed by atoms with Crippen molar-refractivity contribution in [3.63, 3.8) is 0 Å². The largest absolute Gasteiger partial charge is 0.487 e. The Bertz CT molecular complexity index is 1120. The van der Waals surface area contributed by atoms with E-state index in [-0.39, 0.29) is 5.91 Å². The molecule has 4 rings (SSSR count). The van der Waals surface area contributed by atoms with Gasteiger partial charge in [-0.25, -0.2) is 4.98 Å². The lowest BCUT2D eigenvalue weighted by atomic mass is 10.1. The number of aromatic nitrogens is 3. The van der Waals surface area contributed by atoms with Crippen LogP contribution >= 0.6 is 11.3 Å². The first-order chi connectivity index (χ1) is 14.7. The Hall–Kier alpha value is -3.52. The first-order valence-electron chi connectivity index (χ1n) is 9.48. The molecule has 0 bridgehead atoms. The molecule has 30 heavy (non-hydrogen) atoms. The van der Waals surface area contributed by atoms with E-state index in [9.17, 15) is 4.79 Å². The number of hydrogen-bond acceptors (Lipinski definition) is 7. The second kappa shape index (κ2) is 8.87. The number of para-hydroxylation sites is 1. The molecule has 0 saturated heterocycles. The van der Waals surface area contributed by atoms with Gasteiger partial charge in [0.1, 0.15) is 12.4 Å². The van der Waals surface area contributed by atoms with Gasteiger partial charge in [-0.15, -0.1) is 21.5 Å². The van der Waals surface area contributed by atoms with Gasteiger partial charge in [0.2, 0.25) is 18.2 Å². The van der Waals surface area contributed by atoms with Crippen molar-refractivity contribution >= 4 is 28.1 Å². The Morgan fingerprint density at radius 1 is 1.17 bits per heavy atom. The molecule has 0 saturated carbocycles. The fourth-order valence-corrected chi connectivity index (χ4v) is 3.91. The minimum absolute atomic E-state index is 0.0747. The van der Waals surface area contributed by atoms with Gasteiger partial charge < -0.3 is 9.15 Å². The number of thiazole rings is 1. The van der Waals surface area contributed by atoms with Gasteiger partial charge >= 0.3 is 0 Å². The third-order valence-corrected chi connectivity index (χ3v) is 5.38. The fourth-order valence-electron chi connectivity index (χ4n) is 3.05. The molecular weight excluding hydrogens is 400 g/mol. The summed E-state index contributed by atoms with van der Waals surface area (Å²) >= 11 is 1.42. The molecule has 0 radical (unpaired) electrons. The lowest BCUT2D eigenvalue weighted by molar-refractivity contribution is -0.115. The van der Waals surface area contributed by atoms with Crippen molar-refractivity contribution in [3.05, 3.63) is 71.6 Å². The van der Waals surface area contributed by atoms with Gasteiger partial charge in [0.25, 0.3) is 0 Å². The van der Waals surface area contributed by atoms with Crippen LogP contribution in [0.1, 0.15) is 25.1 Å². The van der Waals surface area contributed by atoms with E-state index < -0.39 is 0 Å². The molecule has 0 fully saturated rings. The van der Waals surface area contributed by atoms with Gasteiger partial charge in [-0.3, -0.25) is 9.69 Å². The number of hydrogen-bond donors (Lipinski definition) is 0. The molecule has 152 valence electrons. The summed E-state index contributed by atoms with van der Waals surface area (Å²) in [6, 6.07) is 15.3.